The van der Waals surface area contributed by atoms with Gasteiger partial charge in [-0.05, 0) is 18.6 Å². The van der Waals surface area contributed by atoms with Gasteiger partial charge in [0.1, 0.15) is 0 Å². The largest absolute Gasteiger partial charge is 0.469 e. The molecule has 0 N–H and O–H groups in total. The van der Waals surface area contributed by atoms with Crippen molar-refractivity contribution in [1.29, 1.82) is 0 Å². The molecular formula is C16H25NO2. The summed E-state index contributed by atoms with van der Waals surface area (Å²) in [6.07, 6.45) is 5.02. The van der Waals surface area contributed by atoms with Crippen LogP contribution in [0.1, 0.15) is 39.0 Å². The van der Waals surface area contributed by atoms with E-state index in [0.29, 0.717) is 6.42 Å². The molecule has 0 radical (unpaired) electrons. The Morgan fingerprint density at radius 2 is 1.95 bits per heavy atom. The average molecular weight is 263 g/mol. The van der Waals surface area contributed by atoms with Crippen LogP contribution in [0.5, 0.6) is 0 Å². The van der Waals surface area contributed by atoms with E-state index in [1.54, 1.807) is 0 Å². The van der Waals surface area contributed by atoms with E-state index < -0.39 is 0 Å². The Kier molecular flexibility index (Phi) is 7.01. The van der Waals surface area contributed by atoms with Crippen LogP contribution in [0.15, 0.2) is 30.3 Å². The molecule has 0 aliphatic rings. The van der Waals surface area contributed by atoms with E-state index in [1.165, 1.54) is 20.0 Å². The molecule has 0 heterocycles. The lowest BCUT2D eigenvalue weighted by Crippen LogP contribution is -2.34. The lowest BCUT2D eigenvalue weighted by molar-refractivity contribution is -0.141. The van der Waals surface area contributed by atoms with Gasteiger partial charge in [0.05, 0.1) is 13.5 Å². The van der Waals surface area contributed by atoms with Gasteiger partial charge in [0, 0.05) is 18.8 Å². The molecule has 0 spiro atoms. The molecule has 0 amide bonds. The maximum atomic E-state index is 11.5. The van der Waals surface area contributed by atoms with Crippen molar-refractivity contribution in [3.8, 4) is 0 Å². The zero-order valence-electron chi connectivity index (χ0n) is 12.3. The summed E-state index contributed by atoms with van der Waals surface area (Å²) < 4.78 is 4.81. The first kappa shape index (κ1) is 15.5. The molecular weight excluding hydrogens is 238 g/mol. The zero-order chi connectivity index (χ0) is 14.1. The number of hydrogen-bond donors (Lipinski definition) is 0. The third-order valence-electron chi connectivity index (χ3n) is 3.48. The van der Waals surface area contributed by atoms with E-state index >= 15 is 0 Å². The molecule has 106 valence electrons. The number of esters is 1. The minimum absolute atomic E-state index is 0.135. The van der Waals surface area contributed by atoms with Crippen LogP contribution in [0, 0.1) is 0 Å². The second kappa shape index (κ2) is 8.57. The van der Waals surface area contributed by atoms with Crippen LogP contribution >= 0.6 is 0 Å². The number of ether oxygens (including phenoxy) is 1. The van der Waals surface area contributed by atoms with Crippen LogP contribution in [0.3, 0.4) is 0 Å². The normalized spacial score (nSPS) is 11.9. The molecule has 0 aliphatic heterocycles. The van der Waals surface area contributed by atoms with Crippen molar-refractivity contribution in [2.75, 3.05) is 19.1 Å². The summed E-state index contributed by atoms with van der Waals surface area (Å²) in [5.41, 5.74) is 1.15. The number of nitrogens with zero attached hydrogens (tertiary/aromatic N) is 1. The fourth-order valence-corrected chi connectivity index (χ4v) is 2.21. The third-order valence-corrected chi connectivity index (χ3v) is 3.48. The molecule has 0 aromatic heterocycles. The van der Waals surface area contributed by atoms with Crippen molar-refractivity contribution in [3.63, 3.8) is 0 Å². The standard InChI is InChI=1S/C16H25NO2/c1-4-5-7-12-15(13-16(18)19-3)17(2)14-10-8-6-9-11-14/h6,8-11,15H,4-5,7,12-13H2,1-3H3/t15-/m0/s1. The fraction of sp³-hybridized carbons (Fsp3) is 0.562. The minimum Gasteiger partial charge on any atom is -0.469 e. The smallest absolute Gasteiger partial charge is 0.307 e. The molecule has 3 heteroatoms. The van der Waals surface area contributed by atoms with E-state index in [0.717, 1.165) is 18.5 Å². The first-order chi connectivity index (χ1) is 9.19. The number of rotatable bonds is 8. The van der Waals surface area contributed by atoms with Crippen LogP contribution in [0.4, 0.5) is 5.69 Å². The van der Waals surface area contributed by atoms with Crippen molar-refractivity contribution >= 4 is 11.7 Å². The number of hydrogen-bond acceptors (Lipinski definition) is 3. The predicted octanol–water partition coefficient (Wildman–Crippen LogP) is 3.63. The summed E-state index contributed by atoms with van der Waals surface area (Å²) in [5.74, 6) is -0.135. The van der Waals surface area contributed by atoms with Crippen molar-refractivity contribution in [2.45, 2.75) is 45.1 Å². The maximum Gasteiger partial charge on any atom is 0.307 e. The van der Waals surface area contributed by atoms with Crippen molar-refractivity contribution in [1.82, 2.24) is 0 Å². The highest BCUT2D eigenvalue weighted by Crippen LogP contribution is 2.20. The number of unbranched alkanes of at least 4 members (excludes halogenated alkanes) is 2. The molecule has 3 nitrogen and oxygen atoms in total. The molecule has 1 aromatic rings. The number of para-hydroxylation sites is 1. The molecule has 0 aliphatic carbocycles. The minimum atomic E-state index is -0.135. The highest BCUT2D eigenvalue weighted by atomic mass is 16.5. The zero-order valence-corrected chi connectivity index (χ0v) is 12.3. The van der Waals surface area contributed by atoms with Crippen LogP contribution in [0.25, 0.3) is 0 Å². The van der Waals surface area contributed by atoms with Crippen molar-refractivity contribution < 1.29 is 9.53 Å². The molecule has 0 fully saturated rings. The maximum absolute atomic E-state index is 11.5. The van der Waals surface area contributed by atoms with Gasteiger partial charge in [-0.15, -0.1) is 0 Å². The third kappa shape index (κ3) is 5.33. The topological polar surface area (TPSA) is 29.5 Å². The van der Waals surface area contributed by atoms with E-state index in [-0.39, 0.29) is 12.0 Å². The van der Waals surface area contributed by atoms with Crippen LogP contribution in [0.2, 0.25) is 0 Å². The predicted molar refractivity (Wildman–Crippen MR) is 79.4 cm³/mol. The Hall–Kier alpha value is -1.51. The highest BCUT2D eigenvalue weighted by Gasteiger charge is 2.19. The molecule has 0 saturated heterocycles. The van der Waals surface area contributed by atoms with Gasteiger partial charge < -0.3 is 9.64 Å². The second-order valence-corrected chi connectivity index (χ2v) is 4.88. The number of benzene rings is 1. The van der Waals surface area contributed by atoms with Gasteiger partial charge in [-0.2, -0.15) is 0 Å². The molecule has 0 saturated carbocycles. The Bertz CT molecular complexity index is 364. The van der Waals surface area contributed by atoms with Crippen molar-refractivity contribution in [3.05, 3.63) is 30.3 Å². The van der Waals surface area contributed by atoms with Crippen LogP contribution in [-0.2, 0) is 9.53 Å². The monoisotopic (exact) mass is 263 g/mol. The Balaban J connectivity index is 2.68. The number of carbonyl (C=O) groups is 1. The first-order valence-electron chi connectivity index (χ1n) is 7.03. The molecule has 19 heavy (non-hydrogen) atoms. The molecule has 0 bridgehead atoms. The lowest BCUT2D eigenvalue weighted by atomic mass is 10.0. The molecule has 1 rings (SSSR count). The SMILES string of the molecule is CCCCC[C@@H](CC(=O)OC)N(C)c1ccccc1. The summed E-state index contributed by atoms with van der Waals surface area (Å²) in [4.78, 5) is 13.7. The number of carbonyl (C=O) groups excluding carboxylic acids is 1. The van der Waals surface area contributed by atoms with E-state index in [2.05, 4.69) is 31.0 Å². The molecule has 0 unspecified atom stereocenters. The number of methoxy groups -OCH3 is 1. The van der Waals surface area contributed by atoms with Gasteiger partial charge >= 0.3 is 5.97 Å². The first-order valence-corrected chi connectivity index (χ1v) is 7.03. The fourth-order valence-electron chi connectivity index (χ4n) is 2.21. The number of anilines is 1. The second-order valence-electron chi connectivity index (χ2n) is 4.88. The van der Waals surface area contributed by atoms with Crippen molar-refractivity contribution in [2.24, 2.45) is 0 Å². The van der Waals surface area contributed by atoms with Gasteiger partial charge in [-0.25, -0.2) is 0 Å². The van der Waals surface area contributed by atoms with E-state index in [4.69, 9.17) is 4.74 Å². The van der Waals surface area contributed by atoms with Gasteiger partial charge in [0.25, 0.3) is 0 Å². The summed E-state index contributed by atoms with van der Waals surface area (Å²) in [5, 5.41) is 0. The Morgan fingerprint density at radius 3 is 2.53 bits per heavy atom. The quantitative estimate of drug-likeness (QED) is 0.530. The van der Waals surface area contributed by atoms with E-state index in [9.17, 15) is 4.79 Å². The molecule has 1 aromatic carbocycles. The Labute approximate surface area is 116 Å². The lowest BCUT2D eigenvalue weighted by Gasteiger charge is -2.29. The van der Waals surface area contributed by atoms with Gasteiger partial charge in [0.15, 0.2) is 0 Å². The summed E-state index contributed by atoms with van der Waals surface area (Å²) >= 11 is 0. The van der Waals surface area contributed by atoms with E-state index in [1.807, 2.05) is 18.2 Å². The van der Waals surface area contributed by atoms with Gasteiger partial charge in [-0.1, -0.05) is 44.4 Å². The Morgan fingerprint density at radius 1 is 1.26 bits per heavy atom. The summed E-state index contributed by atoms with van der Waals surface area (Å²) in [7, 11) is 3.50. The average Bonchev–Trinajstić information content (AvgIpc) is 2.46. The van der Waals surface area contributed by atoms with Gasteiger partial charge in [-0.3, -0.25) is 4.79 Å². The summed E-state index contributed by atoms with van der Waals surface area (Å²) in [6, 6.07) is 10.4. The molecule has 1 atom stereocenters. The van der Waals surface area contributed by atoms with Crippen LogP contribution in [-0.4, -0.2) is 26.2 Å². The summed E-state index contributed by atoms with van der Waals surface area (Å²) in [6.45, 7) is 2.19. The van der Waals surface area contributed by atoms with Gasteiger partial charge in [0.2, 0.25) is 0 Å². The van der Waals surface area contributed by atoms with Crippen LogP contribution < -0.4 is 4.90 Å². The highest BCUT2D eigenvalue weighted by molar-refractivity contribution is 5.70.